The number of hydrogen-bond acceptors (Lipinski definition) is 4. The molecule has 0 atom stereocenters. The Kier molecular flexibility index (Phi) is 6.37. The molecule has 1 aliphatic heterocycles. The molecule has 5 nitrogen and oxygen atoms in total. The molecular formula is C19H27N3O2S. The number of benzene rings is 1. The molecule has 0 bridgehead atoms. The van der Waals surface area contributed by atoms with Gasteiger partial charge >= 0.3 is 0 Å². The van der Waals surface area contributed by atoms with Crippen molar-refractivity contribution in [2.45, 2.75) is 55.5 Å². The van der Waals surface area contributed by atoms with Gasteiger partial charge in [-0.15, -0.1) is 11.8 Å². The molecule has 136 valence electrons. The number of nitrogens with two attached hydrogens (primary N) is 1. The van der Waals surface area contributed by atoms with Gasteiger partial charge in [-0.2, -0.15) is 0 Å². The fraction of sp³-hybridized carbons (Fsp3) is 0.579. The van der Waals surface area contributed by atoms with Gasteiger partial charge in [-0.3, -0.25) is 9.59 Å². The second kappa shape index (κ2) is 8.72. The lowest BCUT2D eigenvalue weighted by Gasteiger charge is -2.27. The number of likely N-dealkylation sites (tertiary alicyclic amines) is 1. The van der Waals surface area contributed by atoms with E-state index in [1.165, 1.54) is 11.8 Å². The van der Waals surface area contributed by atoms with Crippen LogP contribution in [0, 0.1) is 0 Å². The van der Waals surface area contributed by atoms with Crippen LogP contribution in [-0.4, -0.2) is 47.6 Å². The molecule has 25 heavy (non-hydrogen) atoms. The third kappa shape index (κ3) is 4.98. The lowest BCUT2D eigenvalue weighted by atomic mass is 9.91. The van der Waals surface area contributed by atoms with Gasteiger partial charge in [0.15, 0.2) is 0 Å². The molecule has 2 fully saturated rings. The van der Waals surface area contributed by atoms with E-state index in [1.807, 2.05) is 29.2 Å². The Balaban J connectivity index is 1.58. The van der Waals surface area contributed by atoms with E-state index in [1.54, 1.807) is 0 Å². The molecule has 2 amide bonds. The standard InChI is InChI=1S/C19H27N3O2S/c20-14-7-9-15(10-8-14)21-19(24)16-5-1-2-6-17(16)25-13-18(23)22-11-3-4-12-22/h1-2,5-6,14-15H,3-4,7-13,20H2,(H,21,24). The highest BCUT2D eigenvalue weighted by Gasteiger charge is 2.22. The molecule has 3 rings (SSSR count). The SMILES string of the molecule is NC1CCC(NC(=O)c2ccccc2SCC(=O)N2CCCC2)CC1. The zero-order valence-electron chi connectivity index (χ0n) is 14.6. The molecular weight excluding hydrogens is 334 g/mol. The van der Waals surface area contributed by atoms with E-state index < -0.39 is 0 Å². The van der Waals surface area contributed by atoms with Gasteiger partial charge in [0.1, 0.15) is 0 Å². The fourth-order valence-corrected chi connectivity index (χ4v) is 4.46. The van der Waals surface area contributed by atoms with Gasteiger partial charge in [0.05, 0.1) is 11.3 Å². The normalized spacial score (nSPS) is 23.5. The van der Waals surface area contributed by atoms with Crippen LogP contribution >= 0.6 is 11.8 Å². The Hall–Kier alpha value is -1.53. The van der Waals surface area contributed by atoms with Crippen molar-refractivity contribution in [1.82, 2.24) is 10.2 Å². The van der Waals surface area contributed by atoms with E-state index >= 15 is 0 Å². The van der Waals surface area contributed by atoms with E-state index in [0.717, 1.165) is 56.5 Å². The van der Waals surface area contributed by atoms with E-state index in [-0.39, 0.29) is 23.9 Å². The highest BCUT2D eigenvalue weighted by atomic mass is 32.2. The van der Waals surface area contributed by atoms with Crippen LogP contribution < -0.4 is 11.1 Å². The van der Waals surface area contributed by atoms with Crippen LogP contribution in [0.2, 0.25) is 0 Å². The van der Waals surface area contributed by atoms with Crippen LogP contribution in [0.25, 0.3) is 0 Å². The largest absolute Gasteiger partial charge is 0.349 e. The van der Waals surface area contributed by atoms with E-state index in [4.69, 9.17) is 5.73 Å². The fourth-order valence-electron chi connectivity index (χ4n) is 3.50. The van der Waals surface area contributed by atoms with Gasteiger partial charge < -0.3 is 16.0 Å². The molecule has 0 spiro atoms. The zero-order chi connectivity index (χ0) is 17.6. The Morgan fingerprint density at radius 1 is 1.12 bits per heavy atom. The molecule has 0 aromatic heterocycles. The molecule has 1 aromatic rings. The van der Waals surface area contributed by atoms with Crippen LogP contribution in [0.1, 0.15) is 48.9 Å². The van der Waals surface area contributed by atoms with Crippen molar-refractivity contribution < 1.29 is 9.59 Å². The summed E-state index contributed by atoms with van der Waals surface area (Å²) in [7, 11) is 0. The lowest BCUT2D eigenvalue weighted by Crippen LogP contribution is -2.40. The van der Waals surface area contributed by atoms with Crippen molar-refractivity contribution >= 4 is 23.6 Å². The Bertz CT molecular complexity index is 608. The van der Waals surface area contributed by atoms with E-state index in [2.05, 4.69) is 5.32 Å². The minimum absolute atomic E-state index is 0.0443. The monoisotopic (exact) mass is 361 g/mol. The quantitative estimate of drug-likeness (QED) is 0.790. The average Bonchev–Trinajstić information content (AvgIpc) is 3.16. The summed E-state index contributed by atoms with van der Waals surface area (Å²) >= 11 is 1.46. The molecule has 1 saturated carbocycles. The molecule has 1 aliphatic carbocycles. The number of amides is 2. The number of thioether (sulfide) groups is 1. The molecule has 1 saturated heterocycles. The minimum Gasteiger partial charge on any atom is -0.349 e. The second-order valence-corrected chi connectivity index (χ2v) is 7.98. The van der Waals surface area contributed by atoms with Crippen molar-refractivity contribution in [2.75, 3.05) is 18.8 Å². The molecule has 1 aromatic carbocycles. The summed E-state index contributed by atoms with van der Waals surface area (Å²) in [6.07, 6.45) is 6.00. The zero-order valence-corrected chi connectivity index (χ0v) is 15.4. The van der Waals surface area contributed by atoms with Crippen molar-refractivity contribution in [1.29, 1.82) is 0 Å². The van der Waals surface area contributed by atoms with Gasteiger partial charge in [0.25, 0.3) is 5.91 Å². The Morgan fingerprint density at radius 2 is 1.80 bits per heavy atom. The summed E-state index contributed by atoms with van der Waals surface area (Å²) in [5.41, 5.74) is 6.59. The van der Waals surface area contributed by atoms with Gasteiger partial charge in [-0.05, 0) is 50.7 Å². The number of carbonyl (C=O) groups excluding carboxylic acids is 2. The van der Waals surface area contributed by atoms with Gasteiger partial charge in [0.2, 0.25) is 5.91 Å². The molecule has 3 N–H and O–H groups in total. The summed E-state index contributed by atoms with van der Waals surface area (Å²) in [4.78, 5) is 27.7. The van der Waals surface area contributed by atoms with Crippen LogP contribution in [0.4, 0.5) is 0 Å². The molecule has 6 heteroatoms. The summed E-state index contributed by atoms with van der Waals surface area (Å²) in [5, 5.41) is 3.14. The predicted octanol–water partition coefficient (Wildman–Crippen LogP) is 2.40. The van der Waals surface area contributed by atoms with Gasteiger partial charge in [0, 0.05) is 30.1 Å². The van der Waals surface area contributed by atoms with Gasteiger partial charge in [-0.1, -0.05) is 12.1 Å². The van der Waals surface area contributed by atoms with Crippen molar-refractivity contribution in [2.24, 2.45) is 5.73 Å². The van der Waals surface area contributed by atoms with Crippen LogP contribution in [0.3, 0.4) is 0 Å². The first-order valence-corrected chi connectivity index (χ1v) is 10.2. The van der Waals surface area contributed by atoms with Crippen LogP contribution in [0.5, 0.6) is 0 Å². The van der Waals surface area contributed by atoms with E-state index in [9.17, 15) is 9.59 Å². The molecule has 0 radical (unpaired) electrons. The number of carbonyl (C=O) groups is 2. The number of nitrogens with zero attached hydrogens (tertiary/aromatic N) is 1. The summed E-state index contributed by atoms with van der Waals surface area (Å²) in [6, 6.07) is 8.03. The molecule has 2 aliphatic rings. The second-order valence-electron chi connectivity index (χ2n) is 6.96. The first-order valence-electron chi connectivity index (χ1n) is 9.19. The topological polar surface area (TPSA) is 75.4 Å². The maximum absolute atomic E-state index is 12.7. The average molecular weight is 362 g/mol. The predicted molar refractivity (Wildman–Crippen MR) is 101 cm³/mol. The smallest absolute Gasteiger partial charge is 0.252 e. The minimum atomic E-state index is -0.0443. The third-order valence-electron chi connectivity index (χ3n) is 5.05. The van der Waals surface area contributed by atoms with Crippen molar-refractivity contribution in [3.05, 3.63) is 29.8 Å². The highest BCUT2D eigenvalue weighted by molar-refractivity contribution is 8.00. The summed E-state index contributed by atoms with van der Waals surface area (Å²) in [6.45, 7) is 1.73. The van der Waals surface area contributed by atoms with Crippen molar-refractivity contribution in [3.63, 3.8) is 0 Å². The van der Waals surface area contributed by atoms with Crippen molar-refractivity contribution in [3.8, 4) is 0 Å². The number of nitrogens with one attached hydrogen (secondary N) is 1. The Morgan fingerprint density at radius 3 is 2.52 bits per heavy atom. The maximum atomic E-state index is 12.7. The molecule has 0 unspecified atom stereocenters. The highest BCUT2D eigenvalue weighted by Crippen LogP contribution is 2.25. The number of rotatable bonds is 5. The number of hydrogen-bond donors (Lipinski definition) is 2. The Labute approximate surface area is 153 Å². The first kappa shape index (κ1) is 18.3. The first-order chi connectivity index (χ1) is 12.1. The summed E-state index contributed by atoms with van der Waals surface area (Å²) < 4.78 is 0. The lowest BCUT2D eigenvalue weighted by molar-refractivity contribution is -0.127. The van der Waals surface area contributed by atoms with E-state index in [0.29, 0.717) is 11.3 Å². The summed E-state index contributed by atoms with van der Waals surface area (Å²) in [5.74, 6) is 0.513. The van der Waals surface area contributed by atoms with Gasteiger partial charge in [-0.25, -0.2) is 0 Å². The third-order valence-corrected chi connectivity index (χ3v) is 6.11. The maximum Gasteiger partial charge on any atom is 0.252 e. The van der Waals surface area contributed by atoms with Crippen LogP contribution in [-0.2, 0) is 4.79 Å². The molecule has 1 heterocycles. The van der Waals surface area contributed by atoms with Crippen LogP contribution in [0.15, 0.2) is 29.2 Å².